The van der Waals surface area contributed by atoms with Crippen LogP contribution in [0.4, 0.5) is 0 Å². The Bertz CT molecular complexity index is 400. The van der Waals surface area contributed by atoms with Gasteiger partial charge in [-0.25, -0.2) is 0 Å². The number of carbonyl (C=O) groups is 1. The summed E-state index contributed by atoms with van der Waals surface area (Å²) in [7, 11) is -3.96. The van der Waals surface area contributed by atoms with E-state index in [4.69, 9.17) is 17.7 Å². The second-order valence-electron chi connectivity index (χ2n) is 8.74. The van der Waals surface area contributed by atoms with Crippen molar-refractivity contribution >= 4 is 31.0 Å². The standard InChI is InChI=1S/C18H42O5Si3/c1-18(19)12-9-10-16-24(3,4)22-26(7,8)23-25(5,6)17-11-13-21-15-14-20-2/h9-17H2,1-8H3. The Labute approximate surface area is 164 Å². The van der Waals surface area contributed by atoms with Gasteiger partial charge < -0.3 is 22.5 Å². The van der Waals surface area contributed by atoms with Gasteiger partial charge in [0.2, 0.25) is 0 Å². The Morgan fingerprint density at radius 3 is 1.81 bits per heavy atom. The normalized spacial score (nSPS) is 13.2. The summed E-state index contributed by atoms with van der Waals surface area (Å²) in [6.45, 7) is 17.2. The molecule has 0 aliphatic carbocycles. The number of hydrogen-bond acceptors (Lipinski definition) is 5. The van der Waals surface area contributed by atoms with Gasteiger partial charge in [0, 0.05) is 20.1 Å². The van der Waals surface area contributed by atoms with Crippen LogP contribution in [0.15, 0.2) is 0 Å². The quantitative estimate of drug-likeness (QED) is 0.260. The van der Waals surface area contributed by atoms with Gasteiger partial charge >= 0.3 is 8.56 Å². The highest BCUT2D eigenvalue weighted by Crippen LogP contribution is 2.26. The molecule has 0 saturated heterocycles. The van der Waals surface area contributed by atoms with E-state index in [1.165, 1.54) is 0 Å². The minimum absolute atomic E-state index is 0.280. The lowest BCUT2D eigenvalue weighted by molar-refractivity contribution is -0.117. The highest BCUT2D eigenvalue weighted by Gasteiger charge is 2.39. The molecule has 0 unspecified atom stereocenters. The van der Waals surface area contributed by atoms with Gasteiger partial charge in [-0.15, -0.1) is 0 Å². The lowest BCUT2D eigenvalue weighted by atomic mass is 10.2. The molecule has 0 aromatic heterocycles. The summed E-state index contributed by atoms with van der Waals surface area (Å²) in [6, 6.07) is 2.18. The predicted molar refractivity (Wildman–Crippen MR) is 116 cm³/mol. The number of rotatable bonds is 16. The van der Waals surface area contributed by atoms with Crippen molar-refractivity contribution in [3.63, 3.8) is 0 Å². The molecule has 26 heavy (non-hydrogen) atoms. The fraction of sp³-hybridized carbons (Fsp3) is 0.944. The molecule has 5 nitrogen and oxygen atoms in total. The molecule has 0 bridgehead atoms. The first-order valence-corrected chi connectivity index (χ1v) is 18.9. The van der Waals surface area contributed by atoms with E-state index in [2.05, 4.69) is 39.3 Å². The predicted octanol–water partition coefficient (Wildman–Crippen LogP) is 4.94. The molecule has 0 amide bonds. The largest absolute Gasteiger partial charge is 0.437 e. The maximum absolute atomic E-state index is 11.1. The van der Waals surface area contributed by atoms with Crippen LogP contribution in [0.3, 0.4) is 0 Å². The molecule has 0 aliphatic heterocycles. The SMILES string of the molecule is COCCOCCC[Si](C)(C)O[Si](C)(C)O[Si](C)(C)CCCCC(C)=O. The Morgan fingerprint density at radius 2 is 1.31 bits per heavy atom. The maximum atomic E-state index is 11.1. The first kappa shape index (κ1) is 26.2. The first-order chi connectivity index (χ1) is 11.9. The summed E-state index contributed by atoms with van der Waals surface area (Å²) in [6.07, 6.45) is 3.76. The summed E-state index contributed by atoms with van der Waals surface area (Å²) in [5, 5.41) is 0. The van der Waals surface area contributed by atoms with E-state index in [0.717, 1.165) is 38.0 Å². The molecule has 156 valence electrons. The van der Waals surface area contributed by atoms with Crippen LogP contribution in [-0.4, -0.2) is 57.9 Å². The number of hydrogen-bond donors (Lipinski definition) is 0. The zero-order valence-electron chi connectivity index (χ0n) is 18.4. The number of carbonyl (C=O) groups excluding carboxylic acids is 1. The molecule has 0 rings (SSSR count). The van der Waals surface area contributed by atoms with Gasteiger partial charge in [0.1, 0.15) is 5.78 Å². The molecule has 0 heterocycles. The summed E-state index contributed by atoms with van der Waals surface area (Å²) in [5.74, 6) is 0.280. The van der Waals surface area contributed by atoms with Crippen molar-refractivity contribution in [1.29, 1.82) is 0 Å². The lowest BCUT2D eigenvalue weighted by Crippen LogP contribution is -2.52. The first-order valence-electron chi connectivity index (χ1n) is 9.86. The Morgan fingerprint density at radius 1 is 0.769 bits per heavy atom. The number of unbranched alkanes of at least 4 members (excludes halogenated alkanes) is 1. The molecule has 0 fully saturated rings. The Balaban J connectivity index is 4.26. The minimum Gasteiger partial charge on any atom is -0.437 e. The topological polar surface area (TPSA) is 54.0 Å². The second-order valence-corrected chi connectivity index (χ2v) is 21.2. The summed E-state index contributed by atoms with van der Waals surface area (Å²) < 4.78 is 23.7. The fourth-order valence-electron chi connectivity index (χ4n) is 3.22. The Hall–Kier alpha value is 0.161. The van der Waals surface area contributed by atoms with Crippen molar-refractivity contribution in [2.75, 3.05) is 26.9 Å². The summed E-state index contributed by atoms with van der Waals surface area (Å²) in [5.41, 5.74) is 0. The minimum atomic E-state index is -2.14. The van der Waals surface area contributed by atoms with Crippen molar-refractivity contribution in [2.24, 2.45) is 0 Å². The van der Waals surface area contributed by atoms with Gasteiger partial charge in [-0.3, -0.25) is 0 Å². The second kappa shape index (κ2) is 12.6. The highest BCUT2D eigenvalue weighted by molar-refractivity contribution is 6.87. The van der Waals surface area contributed by atoms with Crippen molar-refractivity contribution < 1.29 is 22.5 Å². The van der Waals surface area contributed by atoms with Crippen LogP contribution < -0.4 is 0 Å². The molecule has 0 aliphatic rings. The van der Waals surface area contributed by atoms with E-state index in [-0.39, 0.29) is 5.78 Å². The van der Waals surface area contributed by atoms with E-state index in [1.807, 2.05) is 0 Å². The lowest BCUT2D eigenvalue weighted by Gasteiger charge is -2.38. The smallest absolute Gasteiger partial charge is 0.311 e. The molecule has 0 radical (unpaired) electrons. The van der Waals surface area contributed by atoms with Crippen LogP contribution in [0, 0.1) is 0 Å². The fourth-order valence-corrected chi connectivity index (χ4v) is 17.3. The number of ketones is 1. The van der Waals surface area contributed by atoms with E-state index in [1.54, 1.807) is 14.0 Å². The van der Waals surface area contributed by atoms with E-state index in [9.17, 15) is 4.79 Å². The van der Waals surface area contributed by atoms with Crippen LogP contribution in [-0.2, 0) is 22.5 Å². The average Bonchev–Trinajstić information content (AvgIpc) is 2.44. The molecule has 0 saturated carbocycles. The monoisotopic (exact) mass is 422 g/mol. The number of methoxy groups -OCH3 is 1. The van der Waals surface area contributed by atoms with Gasteiger partial charge in [-0.05, 0) is 71.1 Å². The van der Waals surface area contributed by atoms with Crippen molar-refractivity contribution in [3.8, 4) is 0 Å². The third kappa shape index (κ3) is 15.2. The molecule has 0 aromatic carbocycles. The molecular formula is C18H42O5Si3. The van der Waals surface area contributed by atoms with Gasteiger partial charge in [-0.1, -0.05) is 6.42 Å². The molecular weight excluding hydrogens is 380 g/mol. The van der Waals surface area contributed by atoms with Crippen molar-refractivity contribution in [3.05, 3.63) is 0 Å². The summed E-state index contributed by atoms with van der Waals surface area (Å²) in [4.78, 5) is 11.1. The van der Waals surface area contributed by atoms with E-state index in [0.29, 0.717) is 19.6 Å². The van der Waals surface area contributed by atoms with Crippen LogP contribution in [0.2, 0.25) is 51.4 Å². The molecule has 0 N–H and O–H groups in total. The maximum Gasteiger partial charge on any atom is 0.311 e. The Kier molecular flexibility index (Phi) is 12.7. The van der Waals surface area contributed by atoms with Crippen LogP contribution in [0.1, 0.15) is 32.6 Å². The van der Waals surface area contributed by atoms with Gasteiger partial charge in [-0.2, -0.15) is 0 Å². The zero-order chi connectivity index (χ0) is 20.3. The number of ether oxygens (including phenoxy) is 2. The van der Waals surface area contributed by atoms with Gasteiger partial charge in [0.25, 0.3) is 0 Å². The summed E-state index contributed by atoms with van der Waals surface area (Å²) >= 11 is 0. The van der Waals surface area contributed by atoms with Crippen LogP contribution in [0.5, 0.6) is 0 Å². The van der Waals surface area contributed by atoms with Crippen LogP contribution >= 0.6 is 0 Å². The van der Waals surface area contributed by atoms with Crippen LogP contribution in [0.25, 0.3) is 0 Å². The average molecular weight is 423 g/mol. The van der Waals surface area contributed by atoms with Crippen molar-refractivity contribution in [2.45, 2.75) is 84.0 Å². The molecule has 0 spiro atoms. The van der Waals surface area contributed by atoms with Gasteiger partial charge in [0.05, 0.1) is 13.2 Å². The molecule has 0 atom stereocenters. The molecule has 0 aromatic rings. The van der Waals surface area contributed by atoms with Gasteiger partial charge in [0.15, 0.2) is 16.6 Å². The highest BCUT2D eigenvalue weighted by atomic mass is 28.5. The van der Waals surface area contributed by atoms with E-state index >= 15 is 0 Å². The zero-order valence-corrected chi connectivity index (χ0v) is 21.4. The third-order valence-corrected chi connectivity index (χ3v) is 15.6. The van der Waals surface area contributed by atoms with Crippen molar-refractivity contribution in [1.82, 2.24) is 0 Å². The third-order valence-electron chi connectivity index (χ3n) is 4.10. The number of Topliss-reactive ketones (excluding diaryl/α,β-unsaturated/α-hetero) is 1. The molecule has 8 heteroatoms. The van der Waals surface area contributed by atoms with E-state index < -0.39 is 25.2 Å².